The molecule has 1 aromatic carbocycles. The van der Waals surface area contributed by atoms with Crippen molar-refractivity contribution in [3.05, 3.63) is 24.3 Å². The van der Waals surface area contributed by atoms with Crippen LogP contribution in [0.4, 0.5) is 5.69 Å². The van der Waals surface area contributed by atoms with Crippen LogP contribution < -0.4 is 4.90 Å². The summed E-state index contributed by atoms with van der Waals surface area (Å²) in [4.78, 5) is 15.9. The molecule has 0 aromatic heterocycles. The van der Waals surface area contributed by atoms with Crippen molar-refractivity contribution < 1.29 is 14.6 Å². The Labute approximate surface area is 112 Å². The fraction of sp³-hybridized carbons (Fsp3) is 0.500. The summed E-state index contributed by atoms with van der Waals surface area (Å²) in [5, 5.41) is 9.85. The quantitative estimate of drug-likeness (QED) is 0.800. The van der Waals surface area contributed by atoms with E-state index in [0.29, 0.717) is 12.4 Å². The highest BCUT2D eigenvalue weighted by Crippen LogP contribution is 2.28. The van der Waals surface area contributed by atoms with Crippen LogP contribution in [0, 0.1) is 0 Å². The molecule has 0 amide bonds. The van der Waals surface area contributed by atoms with Crippen LogP contribution in [0.25, 0.3) is 0 Å². The molecule has 102 valence electrons. The van der Waals surface area contributed by atoms with Gasteiger partial charge in [0.25, 0.3) is 0 Å². The number of hydrogen-bond acceptors (Lipinski definition) is 5. The number of carbonyl (C=O) groups is 1. The Bertz CT molecular complexity index is 470. The molecule has 5 nitrogen and oxygen atoms in total. The van der Waals surface area contributed by atoms with Gasteiger partial charge in [-0.25, -0.2) is 0 Å². The second-order valence-electron chi connectivity index (χ2n) is 4.98. The van der Waals surface area contributed by atoms with Crippen LogP contribution in [0.5, 0.6) is 5.75 Å². The van der Waals surface area contributed by atoms with Gasteiger partial charge in [-0.3, -0.25) is 9.69 Å². The van der Waals surface area contributed by atoms with Gasteiger partial charge in [-0.2, -0.15) is 0 Å². The van der Waals surface area contributed by atoms with Gasteiger partial charge in [-0.15, -0.1) is 0 Å². The van der Waals surface area contributed by atoms with E-state index in [2.05, 4.69) is 9.80 Å². The fourth-order valence-electron chi connectivity index (χ4n) is 2.82. The van der Waals surface area contributed by atoms with E-state index in [-0.39, 0.29) is 12.0 Å². The van der Waals surface area contributed by atoms with E-state index in [0.717, 1.165) is 38.3 Å². The number of cyclic esters (lactones) is 1. The van der Waals surface area contributed by atoms with E-state index in [4.69, 9.17) is 4.74 Å². The summed E-state index contributed by atoms with van der Waals surface area (Å²) >= 11 is 0. The third-order valence-corrected chi connectivity index (χ3v) is 3.89. The molecule has 2 aliphatic rings. The number of hydrogen-bond donors (Lipinski definition) is 1. The van der Waals surface area contributed by atoms with Gasteiger partial charge < -0.3 is 14.7 Å². The van der Waals surface area contributed by atoms with Crippen molar-refractivity contribution in [1.29, 1.82) is 0 Å². The molecule has 0 unspecified atom stereocenters. The van der Waals surface area contributed by atoms with Crippen LogP contribution in [-0.4, -0.2) is 54.8 Å². The minimum Gasteiger partial charge on any atom is -0.506 e. The fourth-order valence-corrected chi connectivity index (χ4v) is 2.82. The summed E-state index contributed by atoms with van der Waals surface area (Å²) < 4.78 is 5.02. The van der Waals surface area contributed by atoms with Crippen LogP contribution >= 0.6 is 0 Å². The Balaban J connectivity index is 1.63. The lowest BCUT2D eigenvalue weighted by atomic mass is 10.1. The maximum Gasteiger partial charge on any atom is 0.323 e. The van der Waals surface area contributed by atoms with Gasteiger partial charge >= 0.3 is 5.97 Å². The lowest BCUT2D eigenvalue weighted by Crippen LogP contribution is -2.51. The predicted octanol–water partition coefficient (Wildman–Crippen LogP) is 0.830. The zero-order valence-corrected chi connectivity index (χ0v) is 10.8. The minimum atomic E-state index is -0.0870. The molecule has 19 heavy (non-hydrogen) atoms. The van der Waals surface area contributed by atoms with E-state index in [1.807, 2.05) is 18.2 Å². The molecule has 1 atom stereocenters. The molecule has 2 aliphatic heterocycles. The normalized spacial score (nSPS) is 24.5. The maximum atomic E-state index is 11.6. The summed E-state index contributed by atoms with van der Waals surface area (Å²) in [5.74, 6) is 0.229. The molecule has 0 radical (unpaired) electrons. The zero-order valence-electron chi connectivity index (χ0n) is 10.8. The summed E-state index contributed by atoms with van der Waals surface area (Å²) in [6, 6.07) is 7.32. The van der Waals surface area contributed by atoms with E-state index >= 15 is 0 Å². The molecule has 0 aliphatic carbocycles. The average Bonchev–Trinajstić information content (AvgIpc) is 2.86. The number of para-hydroxylation sites is 2. The van der Waals surface area contributed by atoms with Gasteiger partial charge in [0, 0.05) is 32.6 Å². The van der Waals surface area contributed by atoms with Gasteiger partial charge in [0.15, 0.2) is 0 Å². The number of carbonyl (C=O) groups excluding carboxylic acids is 1. The van der Waals surface area contributed by atoms with Crippen molar-refractivity contribution in [2.75, 3.05) is 37.7 Å². The topological polar surface area (TPSA) is 53.0 Å². The SMILES string of the molecule is O=C1OCC[C@@H]1N1CCN(c2ccccc2O)CC1. The number of phenols is 1. The van der Waals surface area contributed by atoms with Gasteiger partial charge in [0.2, 0.25) is 0 Å². The number of piperazine rings is 1. The number of rotatable bonds is 2. The van der Waals surface area contributed by atoms with Gasteiger partial charge in [-0.1, -0.05) is 12.1 Å². The molecule has 2 saturated heterocycles. The molecule has 0 spiro atoms. The van der Waals surface area contributed by atoms with Crippen molar-refractivity contribution in [2.24, 2.45) is 0 Å². The lowest BCUT2D eigenvalue weighted by molar-refractivity contribution is -0.142. The van der Waals surface area contributed by atoms with E-state index < -0.39 is 0 Å². The van der Waals surface area contributed by atoms with Crippen LogP contribution in [0.15, 0.2) is 24.3 Å². The van der Waals surface area contributed by atoms with Crippen LogP contribution in [0.3, 0.4) is 0 Å². The average molecular weight is 262 g/mol. The highest BCUT2D eigenvalue weighted by atomic mass is 16.5. The summed E-state index contributed by atoms with van der Waals surface area (Å²) in [6.07, 6.45) is 0.801. The number of esters is 1. The van der Waals surface area contributed by atoms with Crippen LogP contribution in [0.1, 0.15) is 6.42 Å². The first-order chi connectivity index (χ1) is 9.25. The van der Waals surface area contributed by atoms with Crippen molar-refractivity contribution in [3.63, 3.8) is 0 Å². The number of benzene rings is 1. The molecular formula is C14H18N2O3. The Morgan fingerprint density at radius 1 is 1.16 bits per heavy atom. The molecule has 5 heteroatoms. The second-order valence-corrected chi connectivity index (χ2v) is 4.98. The number of ether oxygens (including phenoxy) is 1. The zero-order chi connectivity index (χ0) is 13.2. The number of phenolic OH excluding ortho intramolecular Hbond substituents is 1. The molecular weight excluding hydrogens is 244 g/mol. The highest BCUT2D eigenvalue weighted by molar-refractivity contribution is 5.77. The first-order valence-electron chi connectivity index (χ1n) is 6.69. The van der Waals surface area contributed by atoms with E-state index in [1.165, 1.54) is 0 Å². The molecule has 3 rings (SSSR count). The first-order valence-corrected chi connectivity index (χ1v) is 6.69. The molecule has 2 fully saturated rings. The predicted molar refractivity (Wildman–Crippen MR) is 71.3 cm³/mol. The molecule has 2 heterocycles. The largest absolute Gasteiger partial charge is 0.506 e. The summed E-state index contributed by atoms with van der Waals surface area (Å²) in [6.45, 7) is 3.84. The standard InChI is InChI=1S/C14H18N2O3/c17-13-4-2-1-3-11(13)15-6-8-16(9-7-15)12-5-10-19-14(12)18/h1-4,12,17H,5-10H2/t12-/m0/s1. The minimum absolute atomic E-state index is 0.0634. The van der Waals surface area contributed by atoms with Crippen molar-refractivity contribution >= 4 is 11.7 Å². The Hall–Kier alpha value is -1.75. The molecule has 1 N–H and O–H groups in total. The lowest BCUT2D eigenvalue weighted by Gasteiger charge is -2.37. The molecule has 0 saturated carbocycles. The van der Waals surface area contributed by atoms with Gasteiger partial charge in [0.1, 0.15) is 11.8 Å². The molecule has 0 bridgehead atoms. The van der Waals surface area contributed by atoms with Crippen LogP contribution in [0.2, 0.25) is 0 Å². The van der Waals surface area contributed by atoms with Gasteiger partial charge in [-0.05, 0) is 12.1 Å². The number of nitrogens with zero attached hydrogens (tertiary/aromatic N) is 2. The Morgan fingerprint density at radius 2 is 1.89 bits per heavy atom. The maximum absolute atomic E-state index is 11.6. The third kappa shape index (κ3) is 2.38. The summed E-state index contributed by atoms with van der Waals surface area (Å²) in [7, 11) is 0. The Morgan fingerprint density at radius 3 is 2.53 bits per heavy atom. The monoisotopic (exact) mass is 262 g/mol. The van der Waals surface area contributed by atoms with E-state index in [1.54, 1.807) is 6.07 Å². The van der Waals surface area contributed by atoms with Gasteiger partial charge in [0.05, 0.1) is 12.3 Å². The van der Waals surface area contributed by atoms with Crippen LogP contribution in [-0.2, 0) is 9.53 Å². The van der Waals surface area contributed by atoms with Crippen molar-refractivity contribution in [1.82, 2.24) is 4.90 Å². The van der Waals surface area contributed by atoms with Crippen molar-refractivity contribution in [2.45, 2.75) is 12.5 Å². The first kappa shape index (κ1) is 12.3. The summed E-state index contributed by atoms with van der Waals surface area (Å²) in [5.41, 5.74) is 0.871. The molecule has 1 aromatic rings. The number of anilines is 1. The van der Waals surface area contributed by atoms with E-state index in [9.17, 15) is 9.90 Å². The highest BCUT2D eigenvalue weighted by Gasteiger charge is 2.34. The smallest absolute Gasteiger partial charge is 0.323 e. The second kappa shape index (κ2) is 5.09. The number of aromatic hydroxyl groups is 1. The third-order valence-electron chi connectivity index (χ3n) is 3.89. The van der Waals surface area contributed by atoms with Crippen molar-refractivity contribution in [3.8, 4) is 5.75 Å². The Kier molecular flexibility index (Phi) is 3.29.